The minimum absolute atomic E-state index is 0.116. The summed E-state index contributed by atoms with van der Waals surface area (Å²) in [5.74, 6) is 0.757. The molecule has 2 N–H and O–H groups in total. The van der Waals surface area contributed by atoms with Gasteiger partial charge in [0.05, 0.1) is 36.9 Å². The van der Waals surface area contributed by atoms with Crippen molar-refractivity contribution in [1.82, 2.24) is 15.3 Å². The molecule has 0 aliphatic heterocycles. The summed E-state index contributed by atoms with van der Waals surface area (Å²) in [6, 6.07) is 6.34. The fraction of sp³-hybridized carbons (Fsp3) is 0.469. The number of hydrogen-bond donors (Lipinski definition) is 2. The predicted octanol–water partition coefficient (Wildman–Crippen LogP) is 6.31. The summed E-state index contributed by atoms with van der Waals surface area (Å²) >= 11 is 1.57. The standard InChI is InChI=1S/C23H26N2O4S.C4H7NO.C3H6O2.C2H4/c1-12(2)18-11-30-22(25-18)17-10-20(29-15-6-5-14(9-15)23(26)27)16-7-8-19(28-4)13(3)21(16)24-17;6-3-5-4-1-2-4;1-2-5-3-4;1-2/h7-8,10-12,14-15H,5-6,9H2,1-4H3,(H,26,27);3-4H,1-2H2,(H,5,6);3H,2H2,1H3;1-2H2. The minimum Gasteiger partial charge on any atom is -0.496 e. The Morgan fingerprint density at radius 1 is 1.16 bits per heavy atom. The lowest BCUT2D eigenvalue weighted by molar-refractivity contribution is -0.141. The maximum absolute atomic E-state index is 11.3. The smallest absolute Gasteiger partial charge is 0.306 e. The Labute approximate surface area is 257 Å². The molecule has 43 heavy (non-hydrogen) atoms. The van der Waals surface area contributed by atoms with Crippen LogP contribution in [0.5, 0.6) is 11.5 Å². The van der Waals surface area contributed by atoms with Crippen LogP contribution >= 0.6 is 11.3 Å². The van der Waals surface area contributed by atoms with Gasteiger partial charge in [0.15, 0.2) is 0 Å². The first-order valence-electron chi connectivity index (χ1n) is 14.3. The lowest BCUT2D eigenvalue weighted by atomic mass is 10.1. The summed E-state index contributed by atoms with van der Waals surface area (Å²) in [5, 5.41) is 15.8. The minimum atomic E-state index is -0.744. The predicted molar refractivity (Wildman–Crippen MR) is 169 cm³/mol. The molecule has 2 atom stereocenters. The van der Waals surface area contributed by atoms with Crippen LogP contribution in [0, 0.1) is 12.8 Å². The molecule has 2 heterocycles. The first kappa shape index (κ1) is 35.2. The Bertz CT molecular complexity index is 1340. The number of benzene rings is 1. The molecular weight excluding hydrogens is 570 g/mol. The molecule has 3 aromatic rings. The molecule has 0 radical (unpaired) electrons. The maximum atomic E-state index is 11.3. The second-order valence-corrected chi connectivity index (χ2v) is 11.1. The fourth-order valence-corrected chi connectivity index (χ4v) is 5.28. The average molecular weight is 614 g/mol. The SMILES string of the molecule is C=C.CCOC=O.COc1ccc2c(OC3CCC(C(=O)O)C3)cc(-c3nc(C(C)C)cs3)nc2c1C.O=CNC1CC1. The lowest BCUT2D eigenvalue weighted by Crippen LogP contribution is -2.16. The van der Waals surface area contributed by atoms with Crippen LogP contribution in [0.4, 0.5) is 0 Å². The third-order valence-electron chi connectivity index (χ3n) is 6.84. The van der Waals surface area contributed by atoms with E-state index in [2.05, 4.69) is 42.4 Å². The number of carboxylic acid groups (broad SMARTS) is 1. The number of amides is 1. The van der Waals surface area contributed by atoms with Crippen LogP contribution in [0.3, 0.4) is 0 Å². The number of aryl methyl sites for hydroxylation is 1. The zero-order valence-corrected chi connectivity index (χ0v) is 26.4. The molecule has 11 heteroatoms. The molecule has 2 saturated carbocycles. The molecule has 5 rings (SSSR count). The zero-order valence-electron chi connectivity index (χ0n) is 25.6. The number of carboxylic acids is 1. The molecule has 0 bridgehead atoms. The van der Waals surface area contributed by atoms with E-state index in [1.165, 1.54) is 12.8 Å². The van der Waals surface area contributed by atoms with Crippen molar-refractivity contribution in [2.75, 3.05) is 13.7 Å². The second kappa shape index (κ2) is 17.8. The van der Waals surface area contributed by atoms with Gasteiger partial charge in [0.2, 0.25) is 6.41 Å². The zero-order chi connectivity index (χ0) is 31.9. The summed E-state index contributed by atoms with van der Waals surface area (Å²) in [6.07, 6.45) is 4.91. The molecule has 234 valence electrons. The van der Waals surface area contributed by atoms with Crippen LogP contribution in [0.15, 0.2) is 36.7 Å². The van der Waals surface area contributed by atoms with Crippen LogP contribution in [0.1, 0.15) is 70.1 Å². The Hall–Kier alpha value is -3.99. The number of thiazole rings is 1. The van der Waals surface area contributed by atoms with Crippen molar-refractivity contribution >= 4 is 41.1 Å². The molecule has 2 aliphatic carbocycles. The van der Waals surface area contributed by atoms with Crippen LogP contribution in [0.2, 0.25) is 0 Å². The molecule has 2 aliphatic rings. The van der Waals surface area contributed by atoms with Crippen molar-refractivity contribution in [1.29, 1.82) is 0 Å². The Balaban J connectivity index is 0.000000415. The highest BCUT2D eigenvalue weighted by Gasteiger charge is 2.31. The molecule has 10 nitrogen and oxygen atoms in total. The number of nitrogens with zero attached hydrogens (tertiary/aromatic N) is 2. The topological polar surface area (TPSA) is 137 Å². The first-order chi connectivity index (χ1) is 20.7. The van der Waals surface area contributed by atoms with E-state index in [9.17, 15) is 19.5 Å². The highest BCUT2D eigenvalue weighted by Crippen LogP contribution is 2.38. The van der Waals surface area contributed by atoms with E-state index >= 15 is 0 Å². The number of aliphatic carboxylic acids is 1. The van der Waals surface area contributed by atoms with Gasteiger partial charge in [0.1, 0.15) is 22.2 Å². The summed E-state index contributed by atoms with van der Waals surface area (Å²) in [7, 11) is 1.65. The summed E-state index contributed by atoms with van der Waals surface area (Å²) in [6.45, 7) is 14.9. The van der Waals surface area contributed by atoms with Gasteiger partial charge in [-0.2, -0.15) is 0 Å². The van der Waals surface area contributed by atoms with Crippen molar-refractivity contribution in [3.05, 3.63) is 48.0 Å². The van der Waals surface area contributed by atoms with Crippen molar-refractivity contribution in [3.8, 4) is 22.2 Å². The number of carbonyl (C=O) groups excluding carboxylic acids is 2. The number of aromatic nitrogens is 2. The highest BCUT2D eigenvalue weighted by atomic mass is 32.1. The van der Waals surface area contributed by atoms with Gasteiger partial charge in [0, 0.05) is 28.4 Å². The van der Waals surface area contributed by atoms with Gasteiger partial charge in [-0.1, -0.05) is 13.8 Å². The molecule has 2 unspecified atom stereocenters. The van der Waals surface area contributed by atoms with Crippen molar-refractivity contribution in [3.63, 3.8) is 0 Å². The third kappa shape index (κ3) is 10.3. The van der Waals surface area contributed by atoms with E-state index in [1.807, 2.05) is 25.1 Å². The van der Waals surface area contributed by atoms with E-state index < -0.39 is 5.97 Å². The quantitative estimate of drug-likeness (QED) is 0.199. The van der Waals surface area contributed by atoms with E-state index in [0.717, 1.165) is 57.2 Å². The molecule has 1 aromatic carbocycles. The van der Waals surface area contributed by atoms with Crippen molar-refractivity contribution in [2.45, 2.75) is 77.9 Å². The number of ether oxygens (including phenoxy) is 3. The number of rotatable bonds is 10. The van der Waals surface area contributed by atoms with Gasteiger partial charge in [-0.25, -0.2) is 9.97 Å². The van der Waals surface area contributed by atoms with Gasteiger partial charge < -0.3 is 24.6 Å². The number of pyridine rings is 1. The maximum Gasteiger partial charge on any atom is 0.306 e. The van der Waals surface area contributed by atoms with Gasteiger partial charge in [0.25, 0.3) is 6.47 Å². The number of fused-ring (bicyclic) bond motifs is 1. The van der Waals surface area contributed by atoms with Gasteiger partial charge >= 0.3 is 5.97 Å². The average Bonchev–Trinajstić information content (AvgIpc) is 3.46. The van der Waals surface area contributed by atoms with E-state index in [1.54, 1.807) is 25.4 Å². The van der Waals surface area contributed by atoms with Crippen LogP contribution in [-0.4, -0.2) is 59.8 Å². The first-order valence-corrected chi connectivity index (χ1v) is 15.2. The van der Waals surface area contributed by atoms with E-state index in [-0.39, 0.29) is 12.0 Å². The van der Waals surface area contributed by atoms with E-state index in [0.29, 0.717) is 37.9 Å². The van der Waals surface area contributed by atoms with Crippen LogP contribution in [0.25, 0.3) is 21.6 Å². The molecule has 0 saturated heterocycles. The van der Waals surface area contributed by atoms with Crippen LogP contribution < -0.4 is 14.8 Å². The summed E-state index contributed by atoms with van der Waals surface area (Å²) < 4.78 is 16.0. The Kier molecular flexibility index (Phi) is 14.6. The third-order valence-corrected chi connectivity index (χ3v) is 7.73. The number of carbonyl (C=O) groups is 3. The Morgan fingerprint density at radius 2 is 1.88 bits per heavy atom. The highest BCUT2D eigenvalue weighted by molar-refractivity contribution is 7.13. The van der Waals surface area contributed by atoms with Crippen molar-refractivity contribution < 1.29 is 33.7 Å². The Morgan fingerprint density at radius 3 is 2.35 bits per heavy atom. The van der Waals surface area contributed by atoms with E-state index in [4.69, 9.17) is 19.4 Å². The second-order valence-electron chi connectivity index (χ2n) is 10.2. The van der Waals surface area contributed by atoms with Gasteiger partial charge in [-0.05, 0) is 64.0 Å². The molecule has 2 aromatic heterocycles. The lowest BCUT2D eigenvalue weighted by Gasteiger charge is -2.17. The number of nitrogens with one attached hydrogen (secondary N) is 1. The number of methoxy groups -OCH3 is 1. The summed E-state index contributed by atoms with van der Waals surface area (Å²) in [4.78, 5) is 39.7. The fourth-order valence-electron chi connectivity index (χ4n) is 4.34. The monoisotopic (exact) mass is 613 g/mol. The molecular formula is C32H43N3O7S. The molecule has 1 amide bonds. The van der Waals surface area contributed by atoms with Gasteiger partial charge in [-0.3, -0.25) is 14.4 Å². The van der Waals surface area contributed by atoms with Gasteiger partial charge in [-0.15, -0.1) is 24.5 Å². The van der Waals surface area contributed by atoms with Crippen LogP contribution in [-0.2, 0) is 19.1 Å². The summed E-state index contributed by atoms with van der Waals surface area (Å²) in [5.41, 5.74) is 3.56. The van der Waals surface area contributed by atoms with Crippen molar-refractivity contribution in [2.24, 2.45) is 5.92 Å². The molecule has 0 spiro atoms. The largest absolute Gasteiger partial charge is 0.496 e. The number of hydrogen-bond acceptors (Lipinski definition) is 9. The normalized spacial score (nSPS) is 16.8. The molecule has 2 fully saturated rings.